The van der Waals surface area contributed by atoms with Gasteiger partial charge in [-0.05, 0) is 19.1 Å². The van der Waals surface area contributed by atoms with E-state index in [1.165, 1.54) is 6.92 Å². The third kappa shape index (κ3) is 3.80. The van der Waals surface area contributed by atoms with Crippen molar-refractivity contribution in [3.8, 4) is 0 Å². The highest BCUT2D eigenvalue weighted by Crippen LogP contribution is 2.17. The number of methoxy groups -OCH3 is 1. The van der Waals surface area contributed by atoms with Gasteiger partial charge in [0.05, 0.1) is 18.8 Å². The Balaban J connectivity index is 2.95. The van der Waals surface area contributed by atoms with E-state index in [4.69, 9.17) is 9.84 Å². The van der Waals surface area contributed by atoms with Crippen molar-refractivity contribution in [1.82, 2.24) is 4.98 Å². The molecule has 0 atom stereocenters. The number of aliphatic hydroxyl groups excluding tert-OH is 1. The molecule has 0 aliphatic carbocycles. The molecule has 0 unspecified atom stereocenters. The van der Waals surface area contributed by atoms with E-state index in [2.05, 4.69) is 4.98 Å². The van der Waals surface area contributed by atoms with Gasteiger partial charge in [0.1, 0.15) is 5.82 Å². The number of carbonyl (C=O) groups excluding carboxylic acids is 1. The molecule has 0 spiro atoms. The van der Waals surface area contributed by atoms with Gasteiger partial charge in [0.15, 0.2) is 5.78 Å². The summed E-state index contributed by atoms with van der Waals surface area (Å²) in [5.41, 5.74) is 0.567. The van der Waals surface area contributed by atoms with Crippen LogP contribution in [-0.4, -0.2) is 49.3 Å². The van der Waals surface area contributed by atoms with E-state index in [0.717, 1.165) is 0 Å². The maximum Gasteiger partial charge on any atom is 0.163 e. The average molecular weight is 238 g/mol. The molecule has 0 amide bonds. The number of nitrogens with zero attached hydrogens (tertiary/aromatic N) is 2. The Morgan fingerprint density at radius 2 is 2.29 bits per heavy atom. The van der Waals surface area contributed by atoms with Gasteiger partial charge in [-0.1, -0.05) is 0 Å². The largest absolute Gasteiger partial charge is 0.395 e. The van der Waals surface area contributed by atoms with Crippen LogP contribution in [0, 0.1) is 0 Å². The molecular weight excluding hydrogens is 220 g/mol. The molecule has 0 bridgehead atoms. The number of Topliss-reactive ketones (excluding diaryl/α,β-unsaturated/α-hetero) is 1. The van der Waals surface area contributed by atoms with Gasteiger partial charge in [-0.15, -0.1) is 0 Å². The minimum absolute atomic E-state index is 0.0115. The molecule has 0 aromatic carbocycles. The average Bonchev–Trinajstić information content (AvgIpc) is 2.34. The summed E-state index contributed by atoms with van der Waals surface area (Å²) in [6.45, 7) is 3.06. The molecule has 1 aromatic heterocycles. The maximum absolute atomic E-state index is 11.5. The first kappa shape index (κ1) is 13.6. The highest BCUT2D eigenvalue weighted by molar-refractivity contribution is 5.98. The summed E-state index contributed by atoms with van der Waals surface area (Å²) in [6, 6.07) is 3.47. The number of hydrogen-bond acceptors (Lipinski definition) is 5. The summed E-state index contributed by atoms with van der Waals surface area (Å²) >= 11 is 0. The van der Waals surface area contributed by atoms with Crippen LogP contribution >= 0.6 is 0 Å². The molecule has 1 aromatic rings. The summed E-state index contributed by atoms with van der Waals surface area (Å²) in [6.07, 6.45) is 1.64. The van der Waals surface area contributed by atoms with Crippen LogP contribution in [0.5, 0.6) is 0 Å². The molecule has 5 heteroatoms. The Labute approximate surface area is 101 Å². The van der Waals surface area contributed by atoms with Crippen LogP contribution in [0.25, 0.3) is 0 Å². The predicted octanol–water partition coefficient (Wildman–Crippen LogP) is 0.729. The van der Waals surface area contributed by atoms with E-state index in [0.29, 0.717) is 31.1 Å². The van der Waals surface area contributed by atoms with Gasteiger partial charge in [0, 0.05) is 26.4 Å². The molecule has 0 aliphatic rings. The number of aromatic nitrogens is 1. The summed E-state index contributed by atoms with van der Waals surface area (Å²) in [5, 5.41) is 9.03. The van der Waals surface area contributed by atoms with Crippen LogP contribution in [-0.2, 0) is 4.74 Å². The molecule has 1 N–H and O–H groups in total. The highest BCUT2D eigenvalue weighted by Gasteiger charge is 2.14. The Hall–Kier alpha value is -1.46. The molecule has 1 heterocycles. The summed E-state index contributed by atoms with van der Waals surface area (Å²) in [7, 11) is 1.61. The van der Waals surface area contributed by atoms with Crippen molar-refractivity contribution in [2.24, 2.45) is 0 Å². The second-order valence-electron chi connectivity index (χ2n) is 3.63. The number of anilines is 1. The van der Waals surface area contributed by atoms with Crippen LogP contribution in [0.1, 0.15) is 17.3 Å². The van der Waals surface area contributed by atoms with Gasteiger partial charge >= 0.3 is 0 Å². The second kappa shape index (κ2) is 6.98. The third-order valence-corrected chi connectivity index (χ3v) is 2.40. The number of carbonyl (C=O) groups is 1. The lowest BCUT2D eigenvalue weighted by molar-refractivity contribution is 0.101. The molecule has 0 saturated carbocycles. The van der Waals surface area contributed by atoms with Gasteiger partial charge in [-0.2, -0.15) is 0 Å². The number of hydrogen-bond donors (Lipinski definition) is 1. The lowest BCUT2D eigenvalue weighted by Gasteiger charge is -2.24. The van der Waals surface area contributed by atoms with E-state index in [1.807, 2.05) is 4.90 Å². The SMILES string of the molecule is COCCN(CCO)c1ncccc1C(C)=O. The number of rotatable bonds is 7. The Morgan fingerprint density at radius 3 is 2.88 bits per heavy atom. The fourth-order valence-electron chi connectivity index (χ4n) is 1.57. The molecule has 0 saturated heterocycles. The van der Waals surface area contributed by atoms with Crippen molar-refractivity contribution in [3.63, 3.8) is 0 Å². The van der Waals surface area contributed by atoms with Crippen molar-refractivity contribution >= 4 is 11.6 Å². The lowest BCUT2D eigenvalue weighted by Crippen LogP contribution is -2.32. The van der Waals surface area contributed by atoms with Crippen LogP contribution in [0.3, 0.4) is 0 Å². The van der Waals surface area contributed by atoms with Crippen molar-refractivity contribution < 1.29 is 14.6 Å². The Kier molecular flexibility index (Phi) is 5.59. The van der Waals surface area contributed by atoms with E-state index in [1.54, 1.807) is 25.4 Å². The van der Waals surface area contributed by atoms with Gasteiger partial charge in [0.2, 0.25) is 0 Å². The second-order valence-corrected chi connectivity index (χ2v) is 3.63. The minimum atomic E-state index is -0.0338. The van der Waals surface area contributed by atoms with E-state index in [-0.39, 0.29) is 12.4 Å². The predicted molar refractivity (Wildman–Crippen MR) is 65.4 cm³/mol. The van der Waals surface area contributed by atoms with Crippen LogP contribution < -0.4 is 4.90 Å². The quantitative estimate of drug-likeness (QED) is 0.709. The topological polar surface area (TPSA) is 62.7 Å². The molecule has 5 nitrogen and oxygen atoms in total. The Morgan fingerprint density at radius 1 is 1.53 bits per heavy atom. The van der Waals surface area contributed by atoms with Gasteiger partial charge in [0.25, 0.3) is 0 Å². The molecule has 0 radical (unpaired) electrons. The molecule has 94 valence electrons. The summed E-state index contributed by atoms with van der Waals surface area (Å²) in [5.74, 6) is 0.569. The Bertz CT molecular complexity index is 369. The van der Waals surface area contributed by atoms with Crippen LogP contribution in [0.2, 0.25) is 0 Å². The molecule has 1 rings (SSSR count). The first-order valence-corrected chi connectivity index (χ1v) is 5.51. The molecule has 0 fully saturated rings. The molecule has 0 aliphatic heterocycles. The molecule has 17 heavy (non-hydrogen) atoms. The first-order chi connectivity index (χ1) is 8.20. The zero-order chi connectivity index (χ0) is 12.7. The van der Waals surface area contributed by atoms with Crippen molar-refractivity contribution in [3.05, 3.63) is 23.9 Å². The van der Waals surface area contributed by atoms with Gasteiger partial charge < -0.3 is 14.7 Å². The fraction of sp³-hybridized carbons (Fsp3) is 0.500. The van der Waals surface area contributed by atoms with Crippen molar-refractivity contribution in [2.75, 3.05) is 38.3 Å². The minimum Gasteiger partial charge on any atom is -0.395 e. The van der Waals surface area contributed by atoms with Crippen molar-refractivity contribution in [2.45, 2.75) is 6.92 Å². The van der Waals surface area contributed by atoms with E-state index >= 15 is 0 Å². The molecular formula is C12H18N2O3. The smallest absolute Gasteiger partial charge is 0.163 e. The van der Waals surface area contributed by atoms with Crippen LogP contribution in [0.15, 0.2) is 18.3 Å². The lowest BCUT2D eigenvalue weighted by atomic mass is 10.2. The highest BCUT2D eigenvalue weighted by atomic mass is 16.5. The maximum atomic E-state index is 11.5. The van der Waals surface area contributed by atoms with E-state index < -0.39 is 0 Å². The first-order valence-electron chi connectivity index (χ1n) is 5.51. The summed E-state index contributed by atoms with van der Waals surface area (Å²) in [4.78, 5) is 17.5. The van der Waals surface area contributed by atoms with Crippen molar-refractivity contribution in [1.29, 1.82) is 0 Å². The number of ketones is 1. The monoisotopic (exact) mass is 238 g/mol. The zero-order valence-electron chi connectivity index (χ0n) is 10.2. The van der Waals surface area contributed by atoms with Crippen LogP contribution in [0.4, 0.5) is 5.82 Å². The summed E-state index contributed by atoms with van der Waals surface area (Å²) < 4.78 is 5.00. The fourth-order valence-corrected chi connectivity index (χ4v) is 1.57. The third-order valence-electron chi connectivity index (χ3n) is 2.40. The normalized spacial score (nSPS) is 10.3. The van der Waals surface area contributed by atoms with Gasteiger partial charge in [-0.3, -0.25) is 4.79 Å². The zero-order valence-corrected chi connectivity index (χ0v) is 10.2. The number of pyridine rings is 1. The van der Waals surface area contributed by atoms with Gasteiger partial charge in [-0.25, -0.2) is 4.98 Å². The number of aliphatic hydroxyl groups is 1. The standard InChI is InChI=1S/C12H18N2O3/c1-10(16)11-4-3-5-13-12(11)14(6-8-15)7-9-17-2/h3-5,15H,6-9H2,1-2H3. The van der Waals surface area contributed by atoms with E-state index in [9.17, 15) is 4.79 Å². The number of ether oxygens (including phenoxy) is 1.